The van der Waals surface area contributed by atoms with Gasteiger partial charge in [0.15, 0.2) is 0 Å². The first-order valence-electron chi connectivity index (χ1n) is 5.21. The second-order valence-corrected chi connectivity index (χ2v) is 6.37. The number of hydrogen-bond acceptors (Lipinski definition) is 2. The Bertz CT molecular complexity index is 331. The van der Waals surface area contributed by atoms with Crippen molar-refractivity contribution < 1.29 is 4.74 Å². The number of hydrogen-bond donors (Lipinski definition) is 1. The van der Waals surface area contributed by atoms with Crippen molar-refractivity contribution >= 4 is 12.6 Å². The minimum Gasteiger partial charge on any atom is -0.477 e. The van der Waals surface area contributed by atoms with Crippen LogP contribution in [-0.2, 0) is 5.41 Å². The van der Waals surface area contributed by atoms with Crippen LogP contribution in [-0.4, -0.2) is 4.93 Å². The molecule has 0 radical (unpaired) electrons. The molecule has 0 aliphatic carbocycles. The molecule has 15 heavy (non-hydrogen) atoms. The lowest BCUT2D eigenvalue weighted by molar-refractivity contribution is 0.204. The Morgan fingerprint density at radius 3 is 2.00 bits per heavy atom. The average molecular weight is 224 g/mol. The molecule has 0 fully saturated rings. The molecule has 0 saturated carbocycles. The standard InChI is InChI=1S/C13H20OS/c1-12(2,3)10-8-6-7-9-11(10)14-13(4,5)15/h6-9,15H,1-5H3. The number of thiol groups is 1. The minimum atomic E-state index is -0.443. The normalized spacial score (nSPS) is 12.7. The molecule has 0 amide bonds. The first-order chi connectivity index (χ1) is 6.70. The number of rotatable bonds is 2. The van der Waals surface area contributed by atoms with Gasteiger partial charge in [-0.05, 0) is 30.9 Å². The molecule has 0 aliphatic heterocycles. The van der Waals surface area contributed by atoms with Crippen molar-refractivity contribution in [3.8, 4) is 5.75 Å². The minimum absolute atomic E-state index is 0.0929. The molecule has 84 valence electrons. The molecule has 0 heterocycles. The second kappa shape index (κ2) is 4.09. The Hall–Kier alpha value is -0.630. The second-order valence-electron chi connectivity index (χ2n) is 5.29. The van der Waals surface area contributed by atoms with E-state index in [1.807, 2.05) is 32.0 Å². The topological polar surface area (TPSA) is 9.23 Å². The third-order valence-corrected chi connectivity index (χ3v) is 2.15. The zero-order valence-electron chi connectivity index (χ0n) is 10.2. The van der Waals surface area contributed by atoms with Crippen molar-refractivity contribution in [1.82, 2.24) is 0 Å². The summed E-state index contributed by atoms with van der Waals surface area (Å²) < 4.78 is 5.82. The molecule has 0 saturated heterocycles. The summed E-state index contributed by atoms with van der Waals surface area (Å²) in [5.41, 5.74) is 1.31. The fourth-order valence-corrected chi connectivity index (χ4v) is 1.54. The van der Waals surface area contributed by atoms with Gasteiger partial charge in [0.2, 0.25) is 0 Å². The summed E-state index contributed by atoms with van der Waals surface area (Å²) in [6, 6.07) is 8.14. The van der Waals surface area contributed by atoms with Crippen molar-refractivity contribution in [3.05, 3.63) is 29.8 Å². The molecule has 1 nitrogen and oxygen atoms in total. The molecule has 0 aliphatic rings. The van der Waals surface area contributed by atoms with Crippen LogP contribution in [0.3, 0.4) is 0 Å². The maximum atomic E-state index is 5.82. The van der Waals surface area contributed by atoms with Crippen molar-refractivity contribution in [2.45, 2.75) is 45.0 Å². The summed E-state index contributed by atoms with van der Waals surface area (Å²) in [6.07, 6.45) is 0. The average Bonchev–Trinajstić information content (AvgIpc) is 1.99. The lowest BCUT2D eigenvalue weighted by Gasteiger charge is -2.27. The van der Waals surface area contributed by atoms with Crippen LogP contribution in [0.1, 0.15) is 40.2 Å². The molecular formula is C13H20OS. The molecule has 0 unspecified atom stereocenters. The zero-order chi connectivity index (χ0) is 11.7. The molecule has 0 N–H and O–H groups in total. The van der Waals surface area contributed by atoms with Gasteiger partial charge in [-0.3, -0.25) is 0 Å². The highest BCUT2D eigenvalue weighted by Gasteiger charge is 2.21. The quantitative estimate of drug-likeness (QED) is 0.589. The monoisotopic (exact) mass is 224 g/mol. The third kappa shape index (κ3) is 3.78. The van der Waals surface area contributed by atoms with Gasteiger partial charge in [0, 0.05) is 0 Å². The summed E-state index contributed by atoms with van der Waals surface area (Å²) in [4.78, 5) is -0.443. The largest absolute Gasteiger partial charge is 0.477 e. The van der Waals surface area contributed by atoms with E-state index in [0.29, 0.717) is 0 Å². The van der Waals surface area contributed by atoms with Crippen molar-refractivity contribution in [3.63, 3.8) is 0 Å². The van der Waals surface area contributed by atoms with Crippen LogP contribution < -0.4 is 4.74 Å². The fraction of sp³-hybridized carbons (Fsp3) is 0.538. The number of benzene rings is 1. The zero-order valence-corrected chi connectivity index (χ0v) is 11.1. The molecule has 1 aromatic rings. The van der Waals surface area contributed by atoms with Gasteiger partial charge in [0.1, 0.15) is 10.7 Å². The van der Waals surface area contributed by atoms with E-state index in [2.05, 4.69) is 39.5 Å². The summed E-state index contributed by atoms with van der Waals surface area (Å²) in [5.74, 6) is 0.921. The van der Waals surface area contributed by atoms with E-state index in [9.17, 15) is 0 Å². The first-order valence-corrected chi connectivity index (χ1v) is 5.66. The molecule has 2 heteroatoms. The smallest absolute Gasteiger partial charge is 0.146 e. The molecule has 0 aromatic heterocycles. The van der Waals surface area contributed by atoms with Gasteiger partial charge in [0.25, 0.3) is 0 Å². The summed E-state index contributed by atoms with van der Waals surface area (Å²) in [5, 5.41) is 0. The Kier molecular flexibility index (Phi) is 3.39. The Morgan fingerprint density at radius 1 is 1.00 bits per heavy atom. The van der Waals surface area contributed by atoms with E-state index in [1.54, 1.807) is 0 Å². The maximum absolute atomic E-state index is 5.82. The molecular weight excluding hydrogens is 204 g/mol. The van der Waals surface area contributed by atoms with Crippen LogP contribution in [0.15, 0.2) is 24.3 Å². The van der Waals surface area contributed by atoms with E-state index in [1.165, 1.54) is 5.56 Å². The number of para-hydroxylation sites is 1. The Morgan fingerprint density at radius 2 is 1.53 bits per heavy atom. The van der Waals surface area contributed by atoms with Crippen LogP contribution in [0.5, 0.6) is 5.75 Å². The van der Waals surface area contributed by atoms with E-state index >= 15 is 0 Å². The van der Waals surface area contributed by atoms with Gasteiger partial charge in [-0.15, -0.1) is 12.6 Å². The van der Waals surface area contributed by atoms with E-state index in [-0.39, 0.29) is 5.41 Å². The van der Waals surface area contributed by atoms with Gasteiger partial charge in [-0.1, -0.05) is 39.0 Å². The summed E-state index contributed by atoms with van der Waals surface area (Å²) in [6.45, 7) is 10.4. The highest BCUT2D eigenvalue weighted by molar-refractivity contribution is 7.81. The third-order valence-electron chi connectivity index (χ3n) is 2.05. The van der Waals surface area contributed by atoms with Crippen LogP contribution in [0.4, 0.5) is 0 Å². The van der Waals surface area contributed by atoms with Gasteiger partial charge >= 0.3 is 0 Å². The summed E-state index contributed by atoms with van der Waals surface area (Å²) in [7, 11) is 0. The van der Waals surface area contributed by atoms with Gasteiger partial charge < -0.3 is 4.74 Å². The van der Waals surface area contributed by atoms with E-state index in [4.69, 9.17) is 4.74 Å². The number of ether oxygens (including phenoxy) is 1. The predicted octanol–water partition coefficient (Wildman–Crippen LogP) is 4.03. The van der Waals surface area contributed by atoms with Gasteiger partial charge in [0.05, 0.1) is 0 Å². The molecule has 0 atom stereocenters. The molecule has 0 spiro atoms. The molecule has 1 rings (SSSR count). The lowest BCUT2D eigenvalue weighted by Crippen LogP contribution is -2.22. The van der Waals surface area contributed by atoms with Crippen molar-refractivity contribution in [2.24, 2.45) is 0 Å². The highest BCUT2D eigenvalue weighted by Crippen LogP contribution is 2.33. The fourth-order valence-electron chi connectivity index (χ4n) is 1.44. The predicted molar refractivity (Wildman–Crippen MR) is 68.8 cm³/mol. The van der Waals surface area contributed by atoms with Crippen LogP contribution >= 0.6 is 12.6 Å². The van der Waals surface area contributed by atoms with E-state index in [0.717, 1.165) is 5.75 Å². The SMILES string of the molecule is CC(C)(S)Oc1ccccc1C(C)(C)C. The van der Waals surface area contributed by atoms with Crippen LogP contribution in [0.25, 0.3) is 0 Å². The molecule has 1 aromatic carbocycles. The van der Waals surface area contributed by atoms with Crippen LogP contribution in [0, 0.1) is 0 Å². The van der Waals surface area contributed by atoms with Crippen molar-refractivity contribution in [2.75, 3.05) is 0 Å². The van der Waals surface area contributed by atoms with E-state index < -0.39 is 4.93 Å². The van der Waals surface area contributed by atoms with Gasteiger partial charge in [-0.25, -0.2) is 0 Å². The Balaban J connectivity index is 3.08. The van der Waals surface area contributed by atoms with Crippen LogP contribution in [0.2, 0.25) is 0 Å². The lowest BCUT2D eigenvalue weighted by atomic mass is 9.86. The van der Waals surface area contributed by atoms with Crippen molar-refractivity contribution in [1.29, 1.82) is 0 Å². The maximum Gasteiger partial charge on any atom is 0.146 e. The first kappa shape index (κ1) is 12.4. The highest BCUT2D eigenvalue weighted by atomic mass is 32.1. The molecule has 0 bridgehead atoms. The summed E-state index contributed by atoms with van der Waals surface area (Å²) >= 11 is 4.39. The Labute approximate surface area is 98.3 Å². The van der Waals surface area contributed by atoms with Gasteiger partial charge in [-0.2, -0.15) is 0 Å².